The number of ether oxygens (including phenoxy) is 1. The SMILES string of the molecule is CCNCCNC(=O)C(C)Oc1cccc(F)c1.Cl. The Hall–Kier alpha value is -1.33. The third-order valence-corrected chi connectivity index (χ3v) is 2.33. The topological polar surface area (TPSA) is 50.4 Å². The second kappa shape index (κ2) is 9.58. The van der Waals surface area contributed by atoms with Crippen LogP contribution in [0.4, 0.5) is 4.39 Å². The van der Waals surface area contributed by atoms with Crippen LogP contribution in [0.1, 0.15) is 13.8 Å². The van der Waals surface area contributed by atoms with Crippen LogP contribution in [0.5, 0.6) is 5.75 Å². The summed E-state index contributed by atoms with van der Waals surface area (Å²) < 4.78 is 18.3. The first-order chi connectivity index (χ1) is 8.63. The fourth-order valence-corrected chi connectivity index (χ4v) is 1.39. The lowest BCUT2D eigenvalue weighted by Crippen LogP contribution is -2.39. The molecule has 0 fully saturated rings. The van der Waals surface area contributed by atoms with Crippen molar-refractivity contribution >= 4 is 18.3 Å². The molecule has 19 heavy (non-hydrogen) atoms. The van der Waals surface area contributed by atoms with Gasteiger partial charge in [-0.1, -0.05) is 13.0 Å². The smallest absolute Gasteiger partial charge is 0.260 e. The Balaban J connectivity index is 0.00000324. The van der Waals surface area contributed by atoms with Gasteiger partial charge in [0.2, 0.25) is 0 Å². The van der Waals surface area contributed by atoms with E-state index in [0.717, 1.165) is 13.1 Å². The van der Waals surface area contributed by atoms with Gasteiger partial charge in [-0.05, 0) is 25.6 Å². The van der Waals surface area contributed by atoms with Crippen LogP contribution in [-0.4, -0.2) is 31.6 Å². The Morgan fingerprint density at radius 1 is 1.42 bits per heavy atom. The first kappa shape index (κ1) is 17.7. The van der Waals surface area contributed by atoms with Gasteiger partial charge in [-0.2, -0.15) is 0 Å². The molecule has 1 amide bonds. The third-order valence-electron chi connectivity index (χ3n) is 2.33. The van der Waals surface area contributed by atoms with Crippen molar-refractivity contribution in [3.8, 4) is 5.75 Å². The highest BCUT2D eigenvalue weighted by Gasteiger charge is 2.13. The van der Waals surface area contributed by atoms with Crippen molar-refractivity contribution in [3.05, 3.63) is 30.1 Å². The van der Waals surface area contributed by atoms with Crippen molar-refractivity contribution in [2.75, 3.05) is 19.6 Å². The van der Waals surface area contributed by atoms with E-state index in [1.807, 2.05) is 6.92 Å². The van der Waals surface area contributed by atoms with Crippen LogP contribution >= 0.6 is 12.4 Å². The van der Waals surface area contributed by atoms with Gasteiger partial charge in [0.1, 0.15) is 11.6 Å². The number of hydrogen-bond acceptors (Lipinski definition) is 3. The zero-order valence-corrected chi connectivity index (χ0v) is 11.9. The van der Waals surface area contributed by atoms with Crippen LogP contribution in [0.25, 0.3) is 0 Å². The van der Waals surface area contributed by atoms with E-state index in [1.165, 1.54) is 12.1 Å². The summed E-state index contributed by atoms with van der Waals surface area (Å²) in [6.45, 7) is 5.76. The molecule has 2 N–H and O–H groups in total. The number of carbonyl (C=O) groups is 1. The van der Waals surface area contributed by atoms with Crippen molar-refractivity contribution in [2.24, 2.45) is 0 Å². The highest BCUT2D eigenvalue weighted by Crippen LogP contribution is 2.13. The standard InChI is InChI=1S/C13H19FN2O2.ClH/c1-3-15-7-8-16-13(17)10(2)18-12-6-4-5-11(14)9-12;/h4-6,9-10,15H,3,7-8H2,1-2H3,(H,16,17);1H. The number of carbonyl (C=O) groups excluding carboxylic acids is 1. The zero-order valence-electron chi connectivity index (χ0n) is 11.1. The van der Waals surface area contributed by atoms with E-state index in [9.17, 15) is 9.18 Å². The Labute approximate surface area is 119 Å². The molecule has 1 aromatic rings. The van der Waals surface area contributed by atoms with Gasteiger partial charge in [0.25, 0.3) is 5.91 Å². The van der Waals surface area contributed by atoms with Crippen LogP contribution in [-0.2, 0) is 4.79 Å². The molecule has 0 aromatic heterocycles. The van der Waals surface area contributed by atoms with E-state index in [2.05, 4.69) is 10.6 Å². The normalized spacial score (nSPS) is 11.3. The zero-order chi connectivity index (χ0) is 13.4. The average Bonchev–Trinajstić information content (AvgIpc) is 2.34. The van der Waals surface area contributed by atoms with E-state index in [-0.39, 0.29) is 24.1 Å². The Morgan fingerprint density at radius 3 is 2.79 bits per heavy atom. The second-order valence-corrected chi connectivity index (χ2v) is 3.86. The van der Waals surface area contributed by atoms with Crippen molar-refractivity contribution in [3.63, 3.8) is 0 Å². The quantitative estimate of drug-likeness (QED) is 0.752. The van der Waals surface area contributed by atoms with Gasteiger partial charge in [0.15, 0.2) is 6.10 Å². The third kappa shape index (κ3) is 6.98. The maximum absolute atomic E-state index is 12.9. The fourth-order valence-electron chi connectivity index (χ4n) is 1.39. The predicted molar refractivity (Wildman–Crippen MR) is 75.3 cm³/mol. The van der Waals surface area contributed by atoms with Crippen molar-refractivity contribution < 1.29 is 13.9 Å². The van der Waals surface area contributed by atoms with Gasteiger partial charge in [-0.25, -0.2) is 4.39 Å². The summed E-state index contributed by atoms with van der Waals surface area (Å²) in [5.41, 5.74) is 0. The number of hydrogen-bond donors (Lipinski definition) is 2. The largest absolute Gasteiger partial charge is 0.481 e. The summed E-state index contributed by atoms with van der Waals surface area (Å²) >= 11 is 0. The van der Waals surface area contributed by atoms with E-state index in [0.29, 0.717) is 12.3 Å². The van der Waals surface area contributed by atoms with Gasteiger partial charge < -0.3 is 15.4 Å². The minimum atomic E-state index is -0.645. The van der Waals surface area contributed by atoms with Crippen LogP contribution in [0.15, 0.2) is 24.3 Å². The minimum absolute atomic E-state index is 0. The van der Waals surface area contributed by atoms with Crippen LogP contribution in [0, 0.1) is 5.82 Å². The lowest BCUT2D eigenvalue weighted by molar-refractivity contribution is -0.127. The highest BCUT2D eigenvalue weighted by molar-refractivity contribution is 5.85. The van der Waals surface area contributed by atoms with Crippen molar-refractivity contribution in [1.29, 1.82) is 0 Å². The highest BCUT2D eigenvalue weighted by atomic mass is 35.5. The van der Waals surface area contributed by atoms with Gasteiger partial charge in [0.05, 0.1) is 0 Å². The molecular formula is C13H20ClFN2O2. The molecule has 1 atom stereocenters. The van der Waals surface area contributed by atoms with Gasteiger partial charge >= 0.3 is 0 Å². The number of amides is 1. The first-order valence-corrected chi connectivity index (χ1v) is 6.04. The summed E-state index contributed by atoms with van der Waals surface area (Å²) in [6, 6.07) is 5.74. The monoisotopic (exact) mass is 290 g/mol. The van der Waals surface area contributed by atoms with E-state index >= 15 is 0 Å². The molecule has 0 aliphatic heterocycles. The minimum Gasteiger partial charge on any atom is -0.481 e. The van der Waals surface area contributed by atoms with Gasteiger partial charge in [-0.3, -0.25) is 4.79 Å². The van der Waals surface area contributed by atoms with Gasteiger partial charge in [0, 0.05) is 19.2 Å². The molecular weight excluding hydrogens is 271 g/mol. The van der Waals surface area contributed by atoms with E-state index < -0.39 is 6.10 Å². The van der Waals surface area contributed by atoms with Gasteiger partial charge in [-0.15, -0.1) is 12.4 Å². The first-order valence-electron chi connectivity index (χ1n) is 6.04. The molecule has 0 aliphatic carbocycles. The predicted octanol–water partition coefficient (Wildman–Crippen LogP) is 1.74. The molecule has 0 bridgehead atoms. The maximum atomic E-state index is 12.9. The van der Waals surface area contributed by atoms with E-state index in [4.69, 9.17) is 4.74 Å². The van der Waals surface area contributed by atoms with Crippen LogP contribution in [0.2, 0.25) is 0 Å². The number of rotatable bonds is 7. The molecule has 108 valence electrons. The molecule has 0 aliphatic rings. The van der Waals surface area contributed by atoms with Crippen LogP contribution in [0.3, 0.4) is 0 Å². The molecule has 0 spiro atoms. The molecule has 1 aromatic carbocycles. The second-order valence-electron chi connectivity index (χ2n) is 3.86. The maximum Gasteiger partial charge on any atom is 0.260 e. The summed E-state index contributed by atoms with van der Waals surface area (Å²) in [7, 11) is 0. The summed E-state index contributed by atoms with van der Waals surface area (Å²) in [4.78, 5) is 11.6. The summed E-state index contributed by atoms with van der Waals surface area (Å²) in [6.07, 6.45) is -0.645. The van der Waals surface area contributed by atoms with Crippen LogP contribution < -0.4 is 15.4 Å². The lowest BCUT2D eigenvalue weighted by atomic mass is 10.3. The molecule has 0 saturated carbocycles. The Kier molecular flexibility index (Phi) is 8.91. The Morgan fingerprint density at radius 2 is 2.16 bits per heavy atom. The molecule has 1 unspecified atom stereocenters. The number of benzene rings is 1. The Bertz CT molecular complexity index is 391. The number of likely N-dealkylation sites (N-methyl/N-ethyl adjacent to an activating group) is 1. The van der Waals surface area contributed by atoms with E-state index in [1.54, 1.807) is 19.1 Å². The fraction of sp³-hybridized carbons (Fsp3) is 0.462. The summed E-state index contributed by atoms with van der Waals surface area (Å²) in [5, 5.41) is 5.83. The molecule has 1 rings (SSSR count). The molecule has 0 heterocycles. The number of halogens is 2. The lowest BCUT2D eigenvalue weighted by Gasteiger charge is -2.14. The molecule has 4 nitrogen and oxygen atoms in total. The van der Waals surface area contributed by atoms with Crippen molar-refractivity contribution in [2.45, 2.75) is 20.0 Å². The average molecular weight is 291 g/mol. The molecule has 6 heteroatoms. The molecule has 0 radical (unpaired) electrons. The number of nitrogens with one attached hydrogen (secondary N) is 2. The summed E-state index contributed by atoms with van der Waals surface area (Å²) in [5.74, 6) is -0.242. The van der Waals surface area contributed by atoms with Crippen molar-refractivity contribution in [1.82, 2.24) is 10.6 Å². The molecule has 0 saturated heterocycles.